The molecular weight excluding hydrogens is 255 g/mol. The molecule has 0 spiro atoms. The Morgan fingerprint density at radius 3 is 3.00 bits per heavy atom. The second-order valence-electron chi connectivity index (χ2n) is 5.27. The number of hydrogen-bond donors (Lipinski definition) is 1. The van der Waals surface area contributed by atoms with Gasteiger partial charge in [-0.15, -0.1) is 0 Å². The summed E-state index contributed by atoms with van der Waals surface area (Å²) in [6, 6.07) is 7.14. The summed E-state index contributed by atoms with van der Waals surface area (Å²) < 4.78 is 19.1. The Morgan fingerprint density at radius 1 is 1.35 bits per heavy atom. The van der Waals surface area contributed by atoms with Crippen molar-refractivity contribution in [2.45, 2.75) is 26.4 Å². The van der Waals surface area contributed by atoms with Crippen molar-refractivity contribution in [1.82, 2.24) is 5.32 Å². The number of rotatable bonds is 4. The van der Waals surface area contributed by atoms with Crippen molar-refractivity contribution in [3.63, 3.8) is 0 Å². The van der Waals surface area contributed by atoms with E-state index >= 15 is 0 Å². The van der Waals surface area contributed by atoms with E-state index in [0.29, 0.717) is 0 Å². The normalized spacial score (nSPS) is 13.8. The molecule has 0 saturated heterocycles. The van der Waals surface area contributed by atoms with E-state index in [1.54, 1.807) is 6.07 Å². The minimum absolute atomic E-state index is 0.171. The summed E-state index contributed by atoms with van der Waals surface area (Å²) >= 11 is 0. The lowest BCUT2D eigenvalue weighted by Gasteiger charge is -2.18. The van der Waals surface area contributed by atoms with Crippen LogP contribution < -0.4 is 10.2 Å². The van der Waals surface area contributed by atoms with Gasteiger partial charge in [-0.25, -0.2) is 4.39 Å². The van der Waals surface area contributed by atoms with Gasteiger partial charge in [0.15, 0.2) is 0 Å². The molecule has 0 saturated carbocycles. The summed E-state index contributed by atoms with van der Waals surface area (Å²) in [4.78, 5) is 2.22. The third-order valence-corrected chi connectivity index (χ3v) is 3.82. The van der Waals surface area contributed by atoms with Crippen LogP contribution in [-0.2, 0) is 19.5 Å². The Hall–Kier alpha value is -1.81. The van der Waals surface area contributed by atoms with Crippen molar-refractivity contribution in [2.24, 2.45) is 0 Å². The Balaban J connectivity index is 1.81. The van der Waals surface area contributed by atoms with Gasteiger partial charge in [-0.2, -0.15) is 0 Å². The Bertz CT molecular complexity index is 621. The molecule has 3 nitrogen and oxygen atoms in total. The average Bonchev–Trinajstić information content (AvgIpc) is 2.95. The first-order chi connectivity index (χ1) is 9.67. The van der Waals surface area contributed by atoms with E-state index in [2.05, 4.69) is 16.3 Å². The molecule has 0 aliphatic carbocycles. The minimum Gasteiger partial charge on any atom is -0.465 e. The predicted molar refractivity (Wildman–Crippen MR) is 77.4 cm³/mol. The van der Waals surface area contributed by atoms with E-state index in [9.17, 15) is 4.39 Å². The standard InChI is InChI=1S/C16H19FN2O/c1-11-13(7-15(20-11)9-18-2)10-19-6-5-12-3-4-14(17)8-16(12)19/h3-4,7-8,18H,5-6,9-10H2,1-2H3. The highest BCUT2D eigenvalue weighted by Gasteiger charge is 2.21. The van der Waals surface area contributed by atoms with Crippen molar-refractivity contribution in [3.8, 4) is 0 Å². The van der Waals surface area contributed by atoms with Gasteiger partial charge in [0.05, 0.1) is 6.54 Å². The molecule has 3 rings (SSSR count). The number of nitrogens with zero attached hydrogens (tertiary/aromatic N) is 1. The molecule has 0 fully saturated rings. The third-order valence-electron chi connectivity index (χ3n) is 3.82. The van der Waals surface area contributed by atoms with Crippen molar-refractivity contribution in [3.05, 3.63) is 52.7 Å². The summed E-state index contributed by atoms with van der Waals surface area (Å²) in [5.41, 5.74) is 3.41. The summed E-state index contributed by atoms with van der Waals surface area (Å²) in [5.74, 6) is 1.72. The Kier molecular flexibility index (Phi) is 3.49. The molecule has 4 heteroatoms. The molecule has 2 aromatic rings. The first-order valence-electron chi connectivity index (χ1n) is 6.93. The number of anilines is 1. The maximum atomic E-state index is 13.4. The van der Waals surface area contributed by atoms with E-state index in [-0.39, 0.29) is 5.82 Å². The second-order valence-corrected chi connectivity index (χ2v) is 5.27. The highest BCUT2D eigenvalue weighted by molar-refractivity contribution is 5.58. The highest BCUT2D eigenvalue weighted by Crippen LogP contribution is 2.31. The summed E-state index contributed by atoms with van der Waals surface area (Å²) in [6.07, 6.45) is 0.982. The van der Waals surface area contributed by atoms with Crippen LogP contribution >= 0.6 is 0 Å². The average molecular weight is 274 g/mol. The predicted octanol–water partition coefficient (Wildman–Crippen LogP) is 3.01. The largest absolute Gasteiger partial charge is 0.465 e. The quantitative estimate of drug-likeness (QED) is 0.929. The molecule has 1 aliphatic rings. The summed E-state index contributed by atoms with van der Waals surface area (Å²) in [7, 11) is 1.90. The molecule has 0 amide bonds. The smallest absolute Gasteiger partial charge is 0.125 e. The number of aryl methyl sites for hydroxylation is 1. The zero-order valence-corrected chi connectivity index (χ0v) is 11.9. The van der Waals surface area contributed by atoms with Gasteiger partial charge < -0.3 is 14.6 Å². The van der Waals surface area contributed by atoms with Gasteiger partial charge in [-0.3, -0.25) is 0 Å². The zero-order chi connectivity index (χ0) is 14.1. The molecule has 1 aromatic carbocycles. The molecule has 1 aliphatic heterocycles. The summed E-state index contributed by atoms with van der Waals surface area (Å²) in [6.45, 7) is 4.42. The number of benzene rings is 1. The van der Waals surface area contributed by atoms with Crippen LogP contribution in [0.25, 0.3) is 0 Å². The molecule has 20 heavy (non-hydrogen) atoms. The van der Waals surface area contributed by atoms with Crippen molar-refractivity contribution >= 4 is 5.69 Å². The third kappa shape index (κ3) is 2.43. The monoisotopic (exact) mass is 274 g/mol. The molecule has 0 unspecified atom stereocenters. The lowest BCUT2D eigenvalue weighted by molar-refractivity contribution is 0.469. The molecule has 0 bridgehead atoms. The molecule has 0 atom stereocenters. The Labute approximate surface area is 118 Å². The van der Waals surface area contributed by atoms with Crippen LogP contribution in [0.1, 0.15) is 22.6 Å². The molecule has 1 N–H and O–H groups in total. The fraction of sp³-hybridized carbons (Fsp3) is 0.375. The lowest BCUT2D eigenvalue weighted by atomic mass is 10.1. The van der Waals surface area contributed by atoms with Crippen LogP contribution in [0.2, 0.25) is 0 Å². The van der Waals surface area contributed by atoms with Crippen molar-refractivity contribution in [2.75, 3.05) is 18.5 Å². The Morgan fingerprint density at radius 2 is 2.20 bits per heavy atom. The van der Waals surface area contributed by atoms with Gasteiger partial charge in [-0.05, 0) is 44.2 Å². The van der Waals surface area contributed by atoms with Gasteiger partial charge >= 0.3 is 0 Å². The van der Waals surface area contributed by atoms with Crippen molar-refractivity contribution < 1.29 is 8.81 Å². The lowest BCUT2D eigenvalue weighted by Crippen LogP contribution is -2.19. The van der Waals surface area contributed by atoms with Crippen LogP contribution in [0.3, 0.4) is 0 Å². The van der Waals surface area contributed by atoms with E-state index < -0.39 is 0 Å². The topological polar surface area (TPSA) is 28.4 Å². The first kappa shape index (κ1) is 13.2. The van der Waals surface area contributed by atoms with Crippen LogP contribution in [0.5, 0.6) is 0 Å². The number of furan rings is 1. The highest BCUT2D eigenvalue weighted by atomic mass is 19.1. The van der Waals surface area contributed by atoms with Crippen molar-refractivity contribution in [1.29, 1.82) is 0 Å². The maximum Gasteiger partial charge on any atom is 0.125 e. The van der Waals surface area contributed by atoms with Crippen LogP contribution in [0.15, 0.2) is 28.7 Å². The minimum atomic E-state index is -0.171. The molecule has 1 aromatic heterocycles. The number of nitrogens with one attached hydrogen (secondary N) is 1. The van der Waals surface area contributed by atoms with Crippen LogP contribution in [0, 0.1) is 12.7 Å². The molecule has 0 radical (unpaired) electrons. The number of fused-ring (bicyclic) bond motifs is 1. The van der Waals surface area contributed by atoms with E-state index in [4.69, 9.17) is 4.42 Å². The number of halogens is 1. The van der Waals surface area contributed by atoms with Gasteiger partial charge in [0.1, 0.15) is 17.3 Å². The fourth-order valence-corrected chi connectivity index (χ4v) is 2.79. The maximum absolute atomic E-state index is 13.4. The zero-order valence-electron chi connectivity index (χ0n) is 11.9. The van der Waals surface area contributed by atoms with Crippen LogP contribution in [-0.4, -0.2) is 13.6 Å². The van der Waals surface area contributed by atoms with Gasteiger partial charge in [-0.1, -0.05) is 6.07 Å². The molecule has 106 valence electrons. The SMILES string of the molecule is CNCc1cc(CN2CCc3ccc(F)cc32)c(C)o1. The fourth-order valence-electron chi connectivity index (χ4n) is 2.79. The van der Waals surface area contributed by atoms with E-state index in [0.717, 1.165) is 43.3 Å². The first-order valence-corrected chi connectivity index (χ1v) is 6.93. The molecule has 2 heterocycles. The van der Waals surface area contributed by atoms with Gasteiger partial charge in [0.25, 0.3) is 0 Å². The van der Waals surface area contributed by atoms with E-state index in [1.165, 1.54) is 17.2 Å². The summed E-state index contributed by atoms with van der Waals surface area (Å²) in [5, 5.41) is 3.08. The van der Waals surface area contributed by atoms with Gasteiger partial charge in [0.2, 0.25) is 0 Å². The van der Waals surface area contributed by atoms with Gasteiger partial charge in [0, 0.05) is 24.3 Å². The van der Waals surface area contributed by atoms with E-state index in [1.807, 2.05) is 20.0 Å². The second kappa shape index (κ2) is 5.29. The van der Waals surface area contributed by atoms with Crippen LogP contribution in [0.4, 0.5) is 10.1 Å². The molecular formula is C16H19FN2O. The number of hydrogen-bond acceptors (Lipinski definition) is 3.